The molecule has 3 nitrogen and oxygen atoms in total. The van der Waals surface area contributed by atoms with Gasteiger partial charge in [0, 0.05) is 11.6 Å². The first-order chi connectivity index (χ1) is 9.06. The van der Waals surface area contributed by atoms with E-state index in [1.807, 2.05) is 6.92 Å². The third-order valence-electron chi connectivity index (χ3n) is 3.15. The molecular formula is C15H25FN2O. The van der Waals surface area contributed by atoms with Crippen LogP contribution in [0, 0.1) is 5.82 Å². The van der Waals surface area contributed by atoms with Gasteiger partial charge in [-0.05, 0) is 59.1 Å². The Morgan fingerprint density at radius 1 is 1.32 bits per heavy atom. The zero-order valence-corrected chi connectivity index (χ0v) is 12.4. The van der Waals surface area contributed by atoms with Gasteiger partial charge < -0.3 is 15.0 Å². The molecular weight excluding hydrogens is 243 g/mol. The minimum Gasteiger partial charge on any atom is -0.496 e. The summed E-state index contributed by atoms with van der Waals surface area (Å²) in [5.74, 6) is 0.390. The lowest BCUT2D eigenvalue weighted by molar-refractivity contribution is 0.381. The van der Waals surface area contributed by atoms with Crippen LogP contribution in [0.2, 0.25) is 0 Å². The number of hydrogen-bond acceptors (Lipinski definition) is 3. The van der Waals surface area contributed by atoms with Crippen LogP contribution in [0.4, 0.5) is 4.39 Å². The Balaban J connectivity index is 2.47. The molecule has 0 aliphatic carbocycles. The number of unbranched alkanes of at least 4 members (excludes halogenated alkanes) is 1. The van der Waals surface area contributed by atoms with Gasteiger partial charge in [-0.25, -0.2) is 4.39 Å². The average Bonchev–Trinajstić information content (AvgIpc) is 2.37. The molecule has 108 valence electrons. The van der Waals surface area contributed by atoms with E-state index in [0.717, 1.165) is 25.9 Å². The van der Waals surface area contributed by atoms with Crippen molar-refractivity contribution >= 4 is 0 Å². The van der Waals surface area contributed by atoms with E-state index in [4.69, 9.17) is 4.74 Å². The molecule has 0 saturated heterocycles. The fraction of sp³-hybridized carbons (Fsp3) is 0.600. The molecule has 0 aromatic heterocycles. The summed E-state index contributed by atoms with van der Waals surface area (Å²) < 4.78 is 19.1. The molecule has 0 amide bonds. The molecule has 1 N–H and O–H groups in total. The molecule has 4 heteroatoms. The lowest BCUT2D eigenvalue weighted by Crippen LogP contribution is -2.22. The number of nitrogens with zero attached hydrogens (tertiary/aromatic N) is 1. The highest BCUT2D eigenvalue weighted by atomic mass is 19.1. The van der Waals surface area contributed by atoms with E-state index in [0.29, 0.717) is 11.3 Å². The molecule has 1 unspecified atom stereocenters. The summed E-state index contributed by atoms with van der Waals surface area (Å²) in [6, 6.07) is 4.89. The molecule has 1 aromatic rings. The summed E-state index contributed by atoms with van der Waals surface area (Å²) in [6.45, 7) is 3.93. The predicted molar refractivity (Wildman–Crippen MR) is 77.2 cm³/mol. The maximum atomic E-state index is 13.8. The van der Waals surface area contributed by atoms with Crippen LogP contribution in [0.15, 0.2) is 18.2 Å². The van der Waals surface area contributed by atoms with Crippen LogP contribution in [0.3, 0.4) is 0 Å². The highest BCUT2D eigenvalue weighted by Crippen LogP contribution is 2.27. The lowest BCUT2D eigenvalue weighted by Gasteiger charge is -2.18. The van der Waals surface area contributed by atoms with E-state index in [1.54, 1.807) is 19.2 Å². The highest BCUT2D eigenvalue weighted by molar-refractivity contribution is 5.36. The summed E-state index contributed by atoms with van der Waals surface area (Å²) in [4.78, 5) is 2.17. The third-order valence-corrected chi connectivity index (χ3v) is 3.15. The maximum Gasteiger partial charge on any atom is 0.131 e. The van der Waals surface area contributed by atoms with Gasteiger partial charge >= 0.3 is 0 Å². The van der Waals surface area contributed by atoms with Gasteiger partial charge in [0.25, 0.3) is 0 Å². The molecule has 0 radical (unpaired) electrons. The van der Waals surface area contributed by atoms with E-state index < -0.39 is 0 Å². The Morgan fingerprint density at radius 2 is 2.05 bits per heavy atom. The van der Waals surface area contributed by atoms with Gasteiger partial charge in [-0.3, -0.25) is 0 Å². The normalized spacial score (nSPS) is 12.7. The van der Waals surface area contributed by atoms with Crippen molar-refractivity contribution < 1.29 is 9.13 Å². The standard InChI is InChI=1S/C15H25FN2O/c1-12(17-10-5-6-11-18(2)3)15-13(16)8-7-9-14(15)19-4/h7-9,12,17H,5-6,10-11H2,1-4H3. The van der Waals surface area contributed by atoms with E-state index in [9.17, 15) is 4.39 Å². The fourth-order valence-electron chi connectivity index (χ4n) is 2.09. The lowest BCUT2D eigenvalue weighted by atomic mass is 10.1. The quantitative estimate of drug-likeness (QED) is 0.734. The SMILES string of the molecule is COc1cccc(F)c1C(C)NCCCCN(C)C. The number of nitrogens with one attached hydrogen (secondary N) is 1. The highest BCUT2D eigenvalue weighted by Gasteiger charge is 2.15. The number of ether oxygens (including phenoxy) is 1. The van der Waals surface area contributed by atoms with Crippen molar-refractivity contribution in [3.8, 4) is 5.75 Å². The van der Waals surface area contributed by atoms with Crippen LogP contribution >= 0.6 is 0 Å². The van der Waals surface area contributed by atoms with E-state index in [-0.39, 0.29) is 11.9 Å². The topological polar surface area (TPSA) is 24.5 Å². The van der Waals surface area contributed by atoms with Gasteiger partial charge in [0.2, 0.25) is 0 Å². The first kappa shape index (κ1) is 15.9. The molecule has 1 atom stereocenters. The molecule has 0 aliphatic heterocycles. The summed E-state index contributed by atoms with van der Waals surface area (Å²) in [5, 5.41) is 3.35. The monoisotopic (exact) mass is 268 g/mol. The Bertz CT molecular complexity index is 382. The van der Waals surface area contributed by atoms with Crippen LogP contribution in [-0.2, 0) is 0 Å². The molecule has 1 aromatic carbocycles. The number of halogens is 1. The second-order valence-corrected chi connectivity index (χ2v) is 5.04. The Kier molecular flexibility index (Phi) is 6.81. The first-order valence-electron chi connectivity index (χ1n) is 6.76. The summed E-state index contributed by atoms with van der Waals surface area (Å²) in [7, 11) is 5.71. The molecule has 0 bridgehead atoms. The van der Waals surface area contributed by atoms with Crippen molar-refractivity contribution in [2.24, 2.45) is 0 Å². The van der Waals surface area contributed by atoms with Crippen LogP contribution in [0.25, 0.3) is 0 Å². The predicted octanol–water partition coefficient (Wildman–Crippen LogP) is 2.83. The van der Waals surface area contributed by atoms with Crippen molar-refractivity contribution in [1.29, 1.82) is 0 Å². The van der Waals surface area contributed by atoms with Crippen LogP contribution in [0.5, 0.6) is 5.75 Å². The summed E-state index contributed by atoms with van der Waals surface area (Å²) >= 11 is 0. The van der Waals surface area contributed by atoms with Crippen LogP contribution in [-0.4, -0.2) is 39.2 Å². The van der Waals surface area contributed by atoms with Gasteiger partial charge in [0.05, 0.1) is 7.11 Å². The second kappa shape index (κ2) is 8.12. The van der Waals surface area contributed by atoms with Crippen molar-refractivity contribution in [3.63, 3.8) is 0 Å². The minimum atomic E-state index is -0.215. The fourth-order valence-corrected chi connectivity index (χ4v) is 2.09. The average molecular weight is 268 g/mol. The Hall–Kier alpha value is -1.13. The van der Waals surface area contributed by atoms with Crippen molar-refractivity contribution in [3.05, 3.63) is 29.6 Å². The molecule has 0 fully saturated rings. The first-order valence-corrected chi connectivity index (χ1v) is 6.76. The largest absolute Gasteiger partial charge is 0.496 e. The van der Waals surface area contributed by atoms with Gasteiger partial charge in [-0.2, -0.15) is 0 Å². The zero-order valence-electron chi connectivity index (χ0n) is 12.4. The van der Waals surface area contributed by atoms with Gasteiger partial charge in [0.1, 0.15) is 11.6 Å². The van der Waals surface area contributed by atoms with Gasteiger partial charge in [0.15, 0.2) is 0 Å². The Morgan fingerprint density at radius 3 is 2.68 bits per heavy atom. The zero-order chi connectivity index (χ0) is 14.3. The number of methoxy groups -OCH3 is 1. The molecule has 0 spiro atoms. The number of hydrogen-bond donors (Lipinski definition) is 1. The van der Waals surface area contributed by atoms with Crippen molar-refractivity contribution in [1.82, 2.24) is 10.2 Å². The van der Waals surface area contributed by atoms with E-state index >= 15 is 0 Å². The Labute approximate surface area is 115 Å². The smallest absolute Gasteiger partial charge is 0.131 e. The minimum absolute atomic E-state index is 0.0458. The van der Waals surface area contributed by atoms with Crippen molar-refractivity contribution in [2.45, 2.75) is 25.8 Å². The van der Waals surface area contributed by atoms with E-state index in [2.05, 4.69) is 24.3 Å². The van der Waals surface area contributed by atoms with Gasteiger partial charge in [-0.1, -0.05) is 6.07 Å². The van der Waals surface area contributed by atoms with Crippen LogP contribution < -0.4 is 10.1 Å². The molecule has 0 aliphatic rings. The molecule has 0 saturated carbocycles. The van der Waals surface area contributed by atoms with Crippen molar-refractivity contribution in [2.75, 3.05) is 34.3 Å². The second-order valence-electron chi connectivity index (χ2n) is 5.04. The summed E-state index contributed by atoms with van der Waals surface area (Å²) in [5.41, 5.74) is 0.609. The third kappa shape index (κ3) is 5.17. The molecule has 19 heavy (non-hydrogen) atoms. The maximum absolute atomic E-state index is 13.8. The van der Waals surface area contributed by atoms with Gasteiger partial charge in [-0.15, -0.1) is 0 Å². The number of benzene rings is 1. The van der Waals surface area contributed by atoms with E-state index in [1.165, 1.54) is 6.07 Å². The molecule has 1 rings (SSSR count). The summed E-state index contributed by atoms with van der Waals surface area (Å²) in [6.07, 6.45) is 2.22. The molecule has 0 heterocycles. The number of rotatable bonds is 8. The van der Waals surface area contributed by atoms with Crippen LogP contribution in [0.1, 0.15) is 31.4 Å².